The molecule has 2 unspecified atom stereocenters. The van der Waals surface area contributed by atoms with Crippen molar-refractivity contribution in [2.75, 3.05) is 25.7 Å². The number of benzene rings is 3. The van der Waals surface area contributed by atoms with Gasteiger partial charge in [0.2, 0.25) is 0 Å². The molecule has 3 aromatic rings. The molecular weight excluding hydrogens is 514 g/mol. The molecular formula is C28H26ClNO8. The van der Waals surface area contributed by atoms with E-state index >= 15 is 0 Å². The van der Waals surface area contributed by atoms with Crippen LogP contribution in [0.5, 0.6) is 11.5 Å². The molecule has 1 aliphatic heterocycles. The van der Waals surface area contributed by atoms with Gasteiger partial charge in [0.05, 0.1) is 26.3 Å². The molecule has 0 aromatic heterocycles. The van der Waals surface area contributed by atoms with Gasteiger partial charge in [-0.15, -0.1) is 0 Å². The fourth-order valence-corrected chi connectivity index (χ4v) is 4.47. The number of carboxylic acids is 1. The number of halogens is 1. The van der Waals surface area contributed by atoms with Crippen LogP contribution in [0.1, 0.15) is 29.2 Å². The Balaban J connectivity index is 1.83. The van der Waals surface area contributed by atoms with E-state index < -0.39 is 43.0 Å². The Morgan fingerprint density at radius 1 is 1.03 bits per heavy atom. The Morgan fingerprint density at radius 2 is 1.79 bits per heavy atom. The standard InChI is InChI=1S/C28H26ClNO8/c1-35-25(33)14-23-28(34)30(15-24(31)32)21-12-11-18(29)13-20(21)26(38-23)19-9-6-10-22(27(19)36-2)37-16-17-7-4-3-5-8-17/h3-13,23,26H,14-16H2,1-2H3,(H,31,32). The van der Waals surface area contributed by atoms with Gasteiger partial charge >= 0.3 is 11.9 Å². The zero-order valence-corrected chi connectivity index (χ0v) is 21.5. The highest BCUT2D eigenvalue weighted by atomic mass is 35.5. The number of methoxy groups -OCH3 is 2. The summed E-state index contributed by atoms with van der Waals surface area (Å²) < 4.78 is 22.8. The Bertz CT molecular complexity index is 1330. The molecule has 3 aromatic carbocycles. The number of hydrogen-bond acceptors (Lipinski definition) is 7. The number of anilines is 1. The van der Waals surface area contributed by atoms with Gasteiger partial charge in [-0.2, -0.15) is 0 Å². The van der Waals surface area contributed by atoms with E-state index in [2.05, 4.69) is 0 Å². The molecule has 0 bridgehead atoms. The average Bonchev–Trinajstić information content (AvgIpc) is 3.02. The molecule has 198 valence electrons. The Kier molecular flexibility index (Phi) is 8.50. The third-order valence-corrected chi connectivity index (χ3v) is 6.25. The van der Waals surface area contributed by atoms with Gasteiger partial charge in [0.1, 0.15) is 25.4 Å². The van der Waals surface area contributed by atoms with E-state index in [1.807, 2.05) is 30.3 Å². The summed E-state index contributed by atoms with van der Waals surface area (Å²) in [5.41, 5.74) is 2.17. The highest BCUT2D eigenvalue weighted by Gasteiger charge is 2.40. The second-order valence-corrected chi connectivity index (χ2v) is 8.90. The van der Waals surface area contributed by atoms with Crippen LogP contribution in [-0.4, -0.2) is 49.8 Å². The molecule has 1 aliphatic rings. The maximum atomic E-state index is 13.5. The average molecular weight is 540 g/mol. The van der Waals surface area contributed by atoms with Gasteiger partial charge in [-0.3, -0.25) is 19.3 Å². The molecule has 9 nitrogen and oxygen atoms in total. The van der Waals surface area contributed by atoms with E-state index in [9.17, 15) is 19.5 Å². The number of aliphatic carboxylic acids is 1. The van der Waals surface area contributed by atoms with Crippen molar-refractivity contribution < 1.29 is 38.4 Å². The number of fused-ring (bicyclic) bond motifs is 1. The van der Waals surface area contributed by atoms with Crippen molar-refractivity contribution in [3.8, 4) is 11.5 Å². The third kappa shape index (κ3) is 5.90. The Labute approximate surface area is 224 Å². The van der Waals surface area contributed by atoms with Gasteiger partial charge in [-0.05, 0) is 29.8 Å². The first kappa shape index (κ1) is 27.0. The summed E-state index contributed by atoms with van der Waals surface area (Å²) in [5.74, 6) is -1.82. The van der Waals surface area contributed by atoms with E-state index in [0.717, 1.165) is 10.5 Å². The fourth-order valence-electron chi connectivity index (χ4n) is 4.29. The van der Waals surface area contributed by atoms with Crippen LogP contribution in [0.15, 0.2) is 66.7 Å². The highest BCUT2D eigenvalue weighted by Crippen LogP contribution is 2.45. The van der Waals surface area contributed by atoms with E-state index in [1.165, 1.54) is 14.2 Å². The molecule has 1 amide bonds. The number of ether oxygens (including phenoxy) is 4. The first-order valence-corrected chi connectivity index (χ1v) is 12.1. The van der Waals surface area contributed by atoms with Crippen molar-refractivity contribution in [2.45, 2.75) is 25.2 Å². The predicted octanol–water partition coefficient (Wildman–Crippen LogP) is 4.40. The molecule has 0 aliphatic carbocycles. The van der Waals surface area contributed by atoms with Crippen molar-refractivity contribution in [3.05, 3.63) is 88.4 Å². The SMILES string of the molecule is COC(=O)CC1OC(c2cccc(OCc3ccccc3)c2OC)c2cc(Cl)ccc2N(CC(=O)O)C1=O. The summed E-state index contributed by atoms with van der Waals surface area (Å²) in [6.45, 7) is -0.358. The summed E-state index contributed by atoms with van der Waals surface area (Å²) in [5, 5.41) is 9.88. The van der Waals surface area contributed by atoms with Crippen LogP contribution in [0, 0.1) is 0 Å². The first-order valence-electron chi connectivity index (χ1n) is 11.7. The van der Waals surface area contributed by atoms with Crippen LogP contribution in [0.2, 0.25) is 5.02 Å². The molecule has 0 spiro atoms. The number of rotatable bonds is 9. The number of esters is 1. The van der Waals surface area contributed by atoms with Crippen LogP contribution in [0.25, 0.3) is 0 Å². The van der Waals surface area contributed by atoms with Gasteiger partial charge in [0.15, 0.2) is 11.5 Å². The molecule has 10 heteroatoms. The lowest BCUT2D eigenvalue weighted by Gasteiger charge is -2.24. The molecule has 38 heavy (non-hydrogen) atoms. The topological polar surface area (TPSA) is 112 Å². The zero-order valence-electron chi connectivity index (χ0n) is 20.8. The molecule has 0 saturated heterocycles. The molecule has 0 saturated carbocycles. The predicted molar refractivity (Wildman–Crippen MR) is 139 cm³/mol. The second kappa shape index (κ2) is 12.0. The zero-order chi connectivity index (χ0) is 27.2. The molecule has 0 fully saturated rings. The second-order valence-electron chi connectivity index (χ2n) is 8.46. The monoisotopic (exact) mass is 539 g/mol. The smallest absolute Gasteiger partial charge is 0.323 e. The maximum absolute atomic E-state index is 13.5. The van der Waals surface area contributed by atoms with Crippen molar-refractivity contribution in [1.82, 2.24) is 0 Å². The number of carbonyl (C=O) groups is 3. The molecule has 1 heterocycles. The van der Waals surface area contributed by atoms with E-state index in [4.69, 9.17) is 30.5 Å². The highest BCUT2D eigenvalue weighted by molar-refractivity contribution is 6.30. The van der Waals surface area contributed by atoms with Gasteiger partial charge in [0.25, 0.3) is 5.91 Å². The number of hydrogen-bond donors (Lipinski definition) is 1. The van der Waals surface area contributed by atoms with Crippen molar-refractivity contribution in [2.24, 2.45) is 0 Å². The minimum Gasteiger partial charge on any atom is -0.492 e. The van der Waals surface area contributed by atoms with Crippen molar-refractivity contribution in [1.29, 1.82) is 0 Å². The van der Waals surface area contributed by atoms with E-state index in [1.54, 1.807) is 36.4 Å². The normalized spacial score (nSPS) is 16.8. The van der Waals surface area contributed by atoms with E-state index in [0.29, 0.717) is 27.6 Å². The summed E-state index contributed by atoms with van der Waals surface area (Å²) in [6.07, 6.45) is -2.72. The number of nitrogens with zero attached hydrogens (tertiary/aromatic N) is 1. The lowest BCUT2D eigenvalue weighted by Crippen LogP contribution is -2.43. The first-order chi connectivity index (χ1) is 18.3. The van der Waals surface area contributed by atoms with Gasteiger partial charge in [-0.1, -0.05) is 54.1 Å². The van der Waals surface area contributed by atoms with Crippen LogP contribution in [0.3, 0.4) is 0 Å². The van der Waals surface area contributed by atoms with Gasteiger partial charge < -0.3 is 24.1 Å². The number of carbonyl (C=O) groups excluding carboxylic acids is 2. The van der Waals surface area contributed by atoms with E-state index in [-0.39, 0.29) is 12.3 Å². The lowest BCUT2D eigenvalue weighted by molar-refractivity contribution is -0.149. The van der Waals surface area contributed by atoms with Crippen LogP contribution in [-0.2, 0) is 30.5 Å². The van der Waals surface area contributed by atoms with Crippen LogP contribution in [0.4, 0.5) is 5.69 Å². The Hall–Kier alpha value is -4.08. The van der Waals surface area contributed by atoms with Gasteiger partial charge in [0, 0.05) is 16.1 Å². The van der Waals surface area contributed by atoms with Crippen molar-refractivity contribution in [3.63, 3.8) is 0 Å². The van der Waals surface area contributed by atoms with Crippen LogP contribution >= 0.6 is 11.6 Å². The van der Waals surface area contributed by atoms with Crippen molar-refractivity contribution >= 4 is 35.1 Å². The van der Waals surface area contributed by atoms with Crippen LogP contribution < -0.4 is 14.4 Å². The third-order valence-electron chi connectivity index (χ3n) is 6.01. The number of carboxylic acid groups (broad SMARTS) is 1. The molecule has 4 rings (SSSR count). The Morgan fingerprint density at radius 3 is 2.47 bits per heavy atom. The summed E-state index contributed by atoms with van der Waals surface area (Å²) in [4.78, 5) is 38.4. The quantitative estimate of drug-likeness (QED) is 0.398. The largest absolute Gasteiger partial charge is 0.492 e. The number of amides is 1. The summed E-state index contributed by atoms with van der Waals surface area (Å²) in [6, 6.07) is 19.5. The maximum Gasteiger partial charge on any atom is 0.323 e. The summed E-state index contributed by atoms with van der Waals surface area (Å²) >= 11 is 6.33. The molecule has 2 atom stereocenters. The summed E-state index contributed by atoms with van der Waals surface area (Å²) in [7, 11) is 2.68. The minimum absolute atomic E-state index is 0.282. The minimum atomic E-state index is -1.34. The molecule has 1 N–H and O–H groups in total. The lowest BCUT2D eigenvalue weighted by atomic mass is 9.98. The molecule has 0 radical (unpaired) electrons. The number of para-hydroxylation sites is 1. The fraction of sp³-hybridized carbons (Fsp3) is 0.250. The van der Waals surface area contributed by atoms with Gasteiger partial charge in [-0.25, -0.2) is 0 Å².